The fourth-order valence-electron chi connectivity index (χ4n) is 2.43. The Morgan fingerprint density at radius 1 is 1.13 bits per heavy atom. The Labute approximate surface area is 142 Å². The van der Waals surface area contributed by atoms with Crippen molar-refractivity contribution in [2.24, 2.45) is 0 Å². The van der Waals surface area contributed by atoms with Crippen molar-refractivity contribution in [3.8, 4) is 17.2 Å². The standard InChI is InChI=1S/C17H17ClO4S/c1-20-14-4-2-3-12(7-14)10-23(19)11-13-8-15(18)17-16(9-13)21-5-6-22-17/h2-4,7-9H,5-6,10-11H2,1H3. The molecule has 0 saturated heterocycles. The van der Waals surface area contributed by atoms with Gasteiger partial charge in [-0.05, 0) is 35.4 Å². The predicted octanol–water partition coefficient (Wildman–Crippen LogP) is 3.57. The summed E-state index contributed by atoms with van der Waals surface area (Å²) < 4.78 is 28.6. The molecule has 2 aromatic rings. The van der Waals surface area contributed by atoms with E-state index in [1.165, 1.54) is 0 Å². The zero-order valence-corrected chi connectivity index (χ0v) is 14.3. The number of benzene rings is 2. The molecule has 1 aliphatic heterocycles. The van der Waals surface area contributed by atoms with Gasteiger partial charge in [-0.3, -0.25) is 4.21 Å². The van der Waals surface area contributed by atoms with Crippen LogP contribution in [0.5, 0.6) is 17.2 Å². The zero-order valence-electron chi connectivity index (χ0n) is 12.7. The lowest BCUT2D eigenvalue weighted by atomic mass is 10.2. The van der Waals surface area contributed by atoms with E-state index in [0.717, 1.165) is 16.9 Å². The Morgan fingerprint density at radius 3 is 2.74 bits per heavy atom. The van der Waals surface area contributed by atoms with Crippen LogP contribution in [0.2, 0.25) is 5.02 Å². The van der Waals surface area contributed by atoms with E-state index in [4.69, 9.17) is 25.8 Å². The van der Waals surface area contributed by atoms with Crippen LogP contribution in [0, 0.1) is 0 Å². The Morgan fingerprint density at radius 2 is 1.91 bits per heavy atom. The van der Waals surface area contributed by atoms with Crippen molar-refractivity contribution in [2.45, 2.75) is 11.5 Å². The van der Waals surface area contributed by atoms with E-state index in [2.05, 4.69) is 0 Å². The lowest BCUT2D eigenvalue weighted by Crippen LogP contribution is -2.16. The number of methoxy groups -OCH3 is 1. The van der Waals surface area contributed by atoms with Gasteiger partial charge in [0.15, 0.2) is 11.5 Å². The van der Waals surface area contributed by atoms with Crippen LogP contribution in [0.15, 0.2) is 36.4 Å². The third kappa shape index (κ3) is 3.98. The summed E-state index contributed by atoms with van der Waals surface area (Å²) in [6, 6.07) is 11.2. The molecule has 0 saturated carbocycles. The van der Waals surface area contributed by atoms with Crippen molar-refractivity contribution < 1.29 is 18.4 Å². The summed E-state index contributed by atoms with van der Waals surface area (Å²) >= 11 is 6.21. The lowest BCUT2D eigenvalue weighted by Gasteiger charge is -2.20. The zero-order chi connectivity index (χ0) is 16.2. The van der Waals surface area contributed by atoms with Crippen LogP contribution in [0.25, 0.3) is 0 Å². The minimum absolute atomic E-state index is 0.410. The van der Waals surface area contributed by atoms with Gasteiger partial charge in [0.2, 0.25) is 0 Å². The van der Waals surface area contributed by atoms with Crippen molar-refractivity contribution in [3.05, 3.63) is 52.5 Å². The maximum Gasteiger partial charge on any atom is 0.179 e. The van der Waals surface area contributed by atoms with Gasteiger partial charge in [0.25, 0.3) is 0 Å². The number of ether oxygens (including phenoxy) is 3. The molecule has 0 aromatic heterocycles. The fraction of sp³-hybridized carbons (Fsp3) is 0.294. The highest BCUT2D eigenvalue weighted by Crippen LogP contribution is 2.38. The molecule has 23 heavy (non-hydrogen) atoms. The summed E-state index contributed by atoms with van der Waals surface area (Å²) in [6.45, 7) is 0.994. The Hall–Kier alpha value is -1.72. The lowest BCUT2D eigenvalue weighted by molar-refractivity contribution is 0.171. The molecule has 1 aliphatic rings. The van der Waals surface area contributed by atoms with Gasteiger partial charge in [-0.25, -0.2) is 0 Å². The van der Waals surface area contributed by atoms with Gasteiger partial charge >= 0.3 is 0 Å². The summed E-state index contributed by atoms with van der Waals surface area (Å²) in [5.41, 5.74) is 1.85. The van der Waals surface area contributed by atoms with Gasteiger partial charge in [-0.1, -0.05) is 23.7 Å². The maximum absolute atomic E-state index is 12.4. The quantitative estimate of drug-likeness (QED) is 0.825. The van der Waals surface area contributed by atoms with Crippen molar-refractivity contribution in [1.29, 1.82) is 0 Å². The molecule has 1 unspecified atom stereocenters. The molecule has 1 heterocycles. The van der Waals surface area contributed by atoms with Gasteiger partial charge in [-0.2, -0.15) is 0 Å². The van der Waals surface area contributed by atoms with E-state index in [1.54, 1.807) is 13.2 Å². The Kier molecular flexibility index (Phi) is 5.08. The topological polar surface area (TPSA) is 44.8 Å². The summed E-state index contributed by atoms with van der Waals surface area (Å²) in [6.07, 6.45) is 0. The van der Waals surface area contributed by atoms with E-state index in [0.29, 0.717) is 41.2 Å². The van der Waals surface area contributed by atoms with Gasteiger partial charge in [0.1, 0.15) is 19.0 Å². The largest absolute Gasteiger partial charge is 0.497 e. The average Bonchev–Trinajstić information content (AvgIpc) is 2.55. The van der Waals surface area contributed by atoms with Crippen LogP contribution >= 0.6 is 11.6 Å². The van der Waals surface area contributed by atoms with Crippen LogP contribution in [-0.2, 0) is 22.3 Å². The minimum Gasteiger partial charge on any atom is -0.497 e. The number of hydrogen-bond acceptors (Lipinski definition) is 4. The first-order valence-electron chi connectivity index (χ1n) is 7.21. The van der Waals surface area contributed by atoms with E-state index in [-0.39, 0.29) is 0 Å². The number of hydrogen-bond donors (Lipinski definition) is 0. The summed E-state index contributed by atoms with van der Waals surface area (Å²) in [5, 5.41) is 0.496. The molecule has 4 nitrogen and oxygen atoms in total. The normalized spacial score (nSPS) is 14.3. The van der Waals surface area contributed by atoms with Crippen LogP contribution in [0.4, 0.5) is 0 Å². The molecule has 0 radical (unpaired) electrons. The van der Waals surface area contributed by atoms with E-state index in [1.807, 2.05) is 30.3 Å². The molecular formula is C17H17ClO4S. The SMILES string of the molecule is COc1cccc(CS(=O)Cc2cc(Cl)c3c(c2)OCCO3)c1. The number of halogens is 1. The van der Waals surface area contributed by atoms with Crippen molar-refractivity contribution in [2.75, 3.05) is 20.3 Å². The van der Waals surface area contributed by atoms with Gasteiger partial charge < -0.3 is 14.2 Å². The molecule has 3 rings (SSSR count). The Bertz CT molecular complexity index is 733. The van der Waals surface area contributed by atoms with Crippen LogP contribution in [0.3, 0.4) is 0 Å². The molecule has 6 heteroatoms. The Balaban J connectivity index is 1.71. The first-order valence-corrected chi connectivity index (χ1v) is 9.08. The van der Waals surface area contributed by atoms with E-state index < -0.39 is 10.8 Å². The highest BCUT2D eigenvalue weighted by molar-refractivity contribution is 7.83. The molecule has 0 N–H and O–H groups in total. The highest BCUT2D eigenvalue weighted by Gasteiger charge is 2.17. The van der Waals surface area contributed by atoms with Crippen molar-refractivity contribution in [3.63, 3.8) is 0 Å². The second-order valence-electron chi connectivity index (χ2n) is 5.18. The molecule has 0 spiro atoms. The molecule has 0 fully saturated rings. The first kappa shape index (κ1) is 16.1. The molecule has 122 valence electrons. The molecular weight excluding hydrogens is 336 g/mol. The molecule has 1 atom stereocenters. The fourth-order valence-corrected chi connectivity index (χ4v) is 3.91. The monoisotopic (exact) mass is 352 g/mol. The second-order valence-corrected chi connectivity index (χ2v) is 7.05. The van der Waals surface area contributed by atoms with Gasteiger partial charge in [0, 0.05) is 22.3 Å². The van der Waals surface area contributed by atoms with Crippen molar-refractivity contribution in [1.82, 2.24) is 0 Å². The third-order valence-electron chi connectivity index (χ3n) is 3.45. The number of rotatable bonds is 5. The van der Waals surface area contributed by atoms with E-state index >= 15 is 0 Å². The molecule has 0 amide bonds. The second kappa shape index (κ2) is 7.23. The minimum atomic E-state index is -1.05. The summed E-state index contributed by atoms with van der Waals surface area (Å²) in [7, 11) is 0.566. The van der Waals surface area contributed by atoms with Crippen LogP contribution in [-0.4, -0.2) is 24.5 Å². The first-order chi connectivity index (χ1) is 11.2. The smallest absolute Gasteiger partial charge is 0.179 e. The van der Waals surface area contributed by atoms with Crippen molar-refractivity contribution >= 4 is 22.4 Å². The third-order valence-corrected chi connectivity index (χ3v) is 5.04. The summed E-state index contributed by atoms with van der Waals surface area (Å²) in [5.74, 6) is 2.83. The predicted molar refractivity (Wildman–Crippen MR) is 91.0 cm³/mol. The number of fused-ring (bicyclic) bond motifs is 1. The summed E-state index contributed by atoms with van der Waals surface area (Å²) in [4.78, 5) is 0. The van der Waals surface area contributed by atoms with Crippen LogP contribution in [0.1, 0.15) is 11.1 Å². The van der Waals surface area contributed by atoms with Gasteiger partial charge in [-0.15, -0.1) is 0 Å². The molecule has 0 aliphatic carbocycles. The highest BCUT2D eigenvalue weighted by atomic mass is 35.5. The molecule has 2 aromatic carbocycles. The maximum atomic E-state index is 12.4. The van der Waals surface area contributed by atoms with Crippen LogP contribution < -0.4 is 14.2 Å². The van der Waals surface area contributed by atoms with E-state index in [9.17, 15) is 4.21 Å². The average molecular weight is 353 g/mol. The van der Waals surface area contributed by atoms with Gasteiger partial charge in [0.05, 0.1) is 12.1 Å². The molecule has 0 bridgehead atoms.